The van der Waals surface area contributed by atoms with Crippen molar-refractivity contribution in [2.24, 2.45) is 5.84 Å². The first-order valence-electron chi connectivity index (χ1n) is 5.71. The molecule has 19 heavy (non-hydrogen) atoms. The number of amides is 1. The van der Waals surface area contributed by atoms with E-state index in [-0.39, 0.29) is 11.5 Å². The molecule has 0 saturated heterocycles. The molecule has 0 saturated carbocycles. The molecule has 0 fully saturated rings. The third kappa shape index (κ3) is 2.83. The fourth-order valence-electron chi connectivity index (χ4n) is 1.59. The first-order chi connectivity index (χ1) is 9.09. The van der Waals surface area contributed by atoms with Crippen molar-refractivity contribution in [1.29, 1.82) is 0 Å². The van der Waals surface area contributed by atoms with E-state index in [2.05, 4.69) is 4.98 Å². The molecular formula is C14H13N3O2. The highest BCUT2D eigenvalue weighted by molar-refractivity contribution is 6.04. The van der Waals surface area contributed by atoms with Gasteiger partial charge in [-0.2, -0.15) is 0 Å². The summed E-state index contributed by atoms with van der Waals surface area (Å²) in [5, 5.41) is 1.01. The van der Waals surface area contributed by atoms with E-state index in [4.69, 9.17) is 5.84 Å². The summed E-state index contributed by atoms with van der Waals surface area (Å²) in [5.41, 5.74) is 1.34. The van der Waals surface area contributed by atoms with E-state index in [1.54, 1.807) is 42.5 Å². The highest BCUT2D eigenvalue weighted by Crippen LogP contribution is 2.14. The van der Waals surface area contributed by atoms with Crippen LogP contribution in [-0.4, -0.2) is 16.7 Å². The molecule has 5 nitrogen and oxygen atoms in total. The van der Waals surface area contributed by atoms with Gasteiger partial charge in [0, 0.05) is 11.8 Å². The number of anilines is 1. The number of nitrogens with two attached hydrogens (primary N) is 1. The molecule has 2 N–H and O–H groups in total. The molecule has 96 valence electrons. The van der Waals surface area contributed by atoms with Crippen LogP contribution in [0, 0.1) is 0 Å². The van der Waals surface area contributed by atoms with E-state index in [1.165, 1.54) is 13.1 Å². The number of carbonyl (C=O) groups is 2. The van der Waals surface area contributed by atoms with Gasteiger partial charge in [0.2, 0.25) is 0 Å². The second kappa shape index (κ2) is 5.41. The number of rotatable bonds is 3. The van der Waals surface area contributed by atoms with Crippen LogP contribution in [0.2, 0.25) is 0 Å². The molecule has 1 aromatic carbocycles. The predicted octanol–water partition coefficient (Wildman–Crippen LogP) is 1.80. The van der Waals surface area contributed by atoms with Crippen LogP contribution in [0.1, 0.15) is 27.8 Å². The highest BCUT2D eigenvalue weighted by Gasteiger charge is 2.15. The van der Waals surface area contributed by atoms with Gasteiger partial charge in [-0.25, -0.2) is 10.9 Å². The van der Waals surface area contributed by atoms with Crippen molar-refractivity contribution in [3.05, 3.63) is 59.9 Å². The van der Waals surface area contributed by atoms with Crippen LogP contribution < -0.4 is 10.9 Å². The van der Waals surface area contributed by atoms with Gasteiger partial charge in [0.15, 0.2) is 5.78 Å². The highest BCUT2D eigenvalue weighted by atomic mass is 16.2. The minimum absolute atomic E-state index is 0.0360. The molecule has 5 heteroatoms. The smallest absolute Gasteiger partial charge is 0.291 e. The molecule has 2 aromatic rings. The van der Waals surface area contributed by atoms with Crippen molar-refractivity contribution in [3.63, 3.8) is 0 Å². The average molecular weight is 255 g/mol. The zero-order chi connectivity index (χ0) is 13.8. The average Bonchev–Trinajstić information content (AvgIpc) is 2.46. The van der Waals surface area contributed by atoms with Crippen molar-refractivity contribution in [2.75, 3.05) is 5.01 Å². The Morgan fingerprint density at radius 2 is 1.79 bits per heavy atom. The lowest BCUT2D eigenvalue weighted by atomic mass is 10.1. The lowest BCUT2D eigenvalue weighted by Gasteiger charge is -2.16. The summed E-state index contributed by atoms with van der Waals surface area (Å²) in [6, 6.07) is 11.5. The molecule has 0 aliphatic heterocycles. The van der Waals surface area contributed by atoms with Gasteiger partial charge in [0.25, 0.3) is 5.91 Å². The number of Topliss-reactive ketones (excluding diaryl/α,β-unsaturated/α-hetero) is 1. The minimum Gasteiger partial charge on any atom is -0.295 e. The summed E-state index contributed by atoms with van der Waals surface area (Å²) >= 11 is 0. The maximum absolute atomic E-state index is 12.0. The fraction of sp³-hybridized carbons (Fsp3) is 0.0714. The number of pyridine rings is 1. The SMILES string of the molecule is CC(=O)c1ccc(N(N)C(=O)c2ccccn2)cc1. The maximum Gasteiger partial charge on any atom is 0.291 e. The molecule has 0 atom stereocenters. The molecule has 0 aliphatic rings. The Balaban J connectivity index is 2.22. The summed E-state index contributed by atoms with van der Waals surface area (Å²) in [7, 11) is 0. The number of hydrogen-bond acceptors (Lipinski definition) is 4. The maximum atomic E-state index is 12.0. The first-order valence-corrected chi connectivity index (χ1v) is 5.71. The standard InChI is InChI=1S/C14H13N3O2/c1-10(18)11-5-7-12(8-6-11)17(15)14(19)13-4-2-3-9-16-13/h2-9H,15H2,1H3. The third-order valence-corrected chi connectivity index (χ3v) is 2.65. The number of nitrogens with zero attached hydrogens (tertiary/aromatic N) is 2. The number of hydrogen-bond donors (Lipinski definition) is 1. The Hall–Kier alpha value is -2.53. The van der Waals surface area contributed by atoms with Crippen LogP contribution in [-0.2, 0) is 0 Å². The van der Waals surface area contributed by atoms with Gasteiger partial charge < -0.3 is 0 Å². The second-order valence-corrected chi connectivity index (χ2v) is 3.99. The number of hydrazine groups is 1. The fourth-order valence-corrected chi connectivity index (χ4v) is 1.59. The Labute approximate surface area is 110 Å². The Morgan fingerprint density at radius 1 is 1.11 bits per heavy atom. The normalized spacial score (nSPS) is 10.0. The second-order valence-electron chi connectivity index (χ2n) is 3.99. The minimum atomic E-state index is -0.406. The Kier molecular flexibility index (Phi) is 3.68. The summed E-state index contributed by atoms with van der Waals surface area (Å²) < 4.78 is 0. The van der Waals surface area contributed by atoms with E-state index >= 15 is 0 Å². The van der Waals surface area contributed by atoms with Gasteiger partial charge >= 0.3 is 0 Å². The summed E-state index contributed by atoms with van der Waals surface area (Å²) in [5.74, 6) is 5.31. The van der Waals surface area contributed by atoms with Gasteiger partial charge in [0.05, 0.1) is 5.69 Å². The molecule has 1 aromatic heterocycles. The Morgan fingerprint density at radius 3 is 2.32 bits per heavy atom. The summed E-state index contributed by atoms with van der Waals surface area (Å²) in [4.78, 5) is 27.1. The molecule has 1 heterocycles. The predicted molar refractivity (Wildman–Crippen MR) is 71.7 cm³/mol. The van der Waals surface area contributed by atoms with E-state index in [0.29, 0.717) is 11.3 Å². The van der Waals surface area contributed by atoms with E-state index in [9.17, 15) is 9.59 Å². The molecule has 2 rings (SSSR count). The van der Waals surface area contributed by atoms with Gasteiger partial charge in [-0.1, -0.05) is 6.07 Å². The third-order valence-electron chi connectivity index (χ3n) is 2.65. The van der Waals surface area contributed by atoms with Crippen LogP contribution in [0.4, 0.5) is 5.69 Å². The van der Waals surface area contributed by atoms with Crippen molar-refractivity contribution in [2.45, 2.75) is 6.92 Å². The molecule has 1 amide bonds. The van der Waals surface area contributed by atoms with Crippen LogP contribution in [0.3, 0.4) is 0 Å². The quantitative estimate of drug-likeness (QED) is 0.393. The van der Waals surface area contributed by atoms with Gasteiger partial charge in [-0.05, 0) is 43.3 Å². The number of ketones is 1. The van der Waals surface area contributed by atoms with Crippen LogP contribution in [0.25, 0.3) is 0 Å². The van der Waals surface area contributed by atoms with Gasteiger partial charge in [0.1, 0.15) is 5.69 Å². The zero-order valence-corrected chi connectivity index (χ0v) is 10.4. The molecular weight excluding hydrogens is 242 g/mol. The van der Waals surface area contributed by atoms with Crippen LogP contribution in [0.5, 0.6) is 0 Å². The van der Waals surface area contributed by atoms with Crippen LogP contribution in [0.15, 0.2) is 48.7 Å². The topological polar surface area (TPSA) is 76.3 Å². The van der Waals surface area contributed by atoms with Gasteiger partial charge in [-0.3, -0.25) is 14.6 Å². The van der Waals surface area contributed by atoms with Gasteiger partial charge in [-0.15, -0.1) is 0 Å². The van der Waals surface area contributed by atoms with E-state index in [0.717, 1.165) is 5.01 Å². The molecule has 0 radical (unpaired) electrons. The van der Waals surface area contributed by atoms with E-state index < -0.39 is 5.91 Å². The Bertz CT molecular complexity index is 594. The molecule has 0 aliphatic carbocycles. The lowest BCUT2D eigenvalue weighted by molar-refractivity contribution is 0.0981. The molecule has 0 unspecified atom stereocenters. The van der Waals surface area contributed by atoms with Crippen molar-refractivity contribution in [1.82, 2.24) is 4.98 Å². The number of aromatic nitrogens is 1. The summed E-state index contributed by atoms with van der Waals surface area (Å²) in [6.07, 6.45) is 1.53. The van der Waals surface area contributed by atoms with Crippen molar-refractivity contribution in [3.8, 4) is 0 Å². The van der Waals surface area contributed by atoms with E-state index in [1.807, 2.05) is 0 Å². The zero-order valence-electron chi connectivity index (χ0n) is 10.4. The first kappa shape index (κ1) is 12.9. The number of benzene rings is 1. The van der Waals surface area contributed by atoms with Crippen molar-refractivity contribution >= 4 is 17.4 Å². The number of carbonyl (C=O) groups excluding carboxylic acids is 2. The molecule has 0 spiro atoms. The monoisotopic (exact) mass is 255 g/mol. The van der Waals surface area contributed by atoms with Crippen LogP contribution >= 0.6 is 0 Å². The molecule has 0 bridgehead atoms. The lowest BCUT2D eigenvalue weighted by Crippen LogP contribution is -2.37. The summed E-state index contributed by atoms with van der Waals surface area (Å²) in [6.45, 7) is 1.48. The van der Waals surface area contributed by atoms with Crippen molar-refractivity contribution < 1.29 is 9.59 Å². The largest absolute Gasteiger partial charge is 0.295 e.